The van der Waals surface area contributed by atoms with Gasteiger partial charge in [-0.15, -0.1) is 0 Å². The van der Waals surface area contributed by atoms with Crippen LogP contribution in [-0.2, 0) is 9.59 Å². The van der Waals surface area contributed by atoms with E-state index in [0.29, 0.717) is 6.54 Å². The molecule has 0 aliphatic heterocycles. The van der Waals surface area contributed by atoms with E-state index in [-0.39, 0.29) is 11.8 Å². The maximum Gasteiger partial charge on any atom is 0.307 e. The van der Waals surface area contributed by atoms with Gasteiger partial charge in [0, 0.05) is 6.54 Å². The zero-order valence-electron chi connectivity index (χ0n) is 12.1. The van der Waals surface area contributed by atoms with Crippen molar-refractivity contribution in [2.45, 2.75) is 59.4 Å². The summed E-state index contributed by atoms with van der Waals surface area (Å²) in [7, 11) is 0. The van der Waals surface area contributed by atoms with Gasteiger partial charge in [-0.2, -0.15) is 0 Å². The number of rotatable bonds is 10. The second-order valence-corrected chi connectivity index (χ2v) is 5.08. The first-order valence-corrected chi connectivity index (χ1v) is 6.87. The number of carboxylic acid groups (broad SMARTS) is 1. The van der Waals surface area contributed by atoms with Crippen LogP contribution in [0, 0.1) is 5.92 Å². The molecular weight excluding hydrogens is 230 g/mol. The van der Waals surface area contributed by atoms with Crippen molar-refractivity contribution >= 4 is 11.8 Å². The number of carbonyl (C=O) groups is 2. The Morgan fingerprint density at radius 2 is 1.78 bits per heavy atom. The lowest BCUT2D eigenvalue weighted by Gasteiger charge is -2.28. The third-order valence-electron chi connectivity index (χ3n) is 3.36. The van der Waals surface area contributed by atoms with E-state index in [2.05, 4.69) is 6.92 Å². The molecule has 0 saturated heterocycles. The summed E-state index contributed by atoms with van der Waals surface area (Å²) in [6, 6.07) is -0.187. The fourth-order valence-electron chi connectivity index (χ4n) is 1.87. The smallest absolute Gasteiger partial charge is 0.307 e. The monoisotopic (exact) mass is 257 g/mol. The van der Waals surface area contributed by atoms with E-state index in [1.54, 1.807) is 13.8 Å². The van der Waals surface area contributed by atoms with Gasteiger partial charge in [0.1, 0.15) is 5.78 Å². The molecule has 2 atom stereocenters. The van der Waals surface area contributed by atoms with E-state index in [9.17, 15) is 9.59 Å². The molecule has 0 aromatic carbocycles. The Balaban J connectivity index is 4.33. The first-order chi connectivity index (χ1) is 8.40. The van der Waals surface area contributed by atoms with Crippen LogP contribution in [0.2, 0.25) is 0 Å². The minimum atomic E-state index is -0.802. The predicted molar refractivity (Wildman–Crippen MR) is 72.7 cm³/mol. The Morgan fingerprint density at radius 1 is 1.17 bits per heavy atom. The zero-order valence-corrected chi connectivity index (χ0v) is 12.1. The summed E-state index contributed by atoms with van der Waals surface area (Å²) in [6.07, 6.45) is 4.53. The molecule has 0 fully saturated rings. The van der Waals surface area contributed by atoms with Crippen molar-refractivity contribution in [3.8, 4) is 0 Å². The van der Waals surface area contributed by atoms with Crippen molar-refractivity contribution in [3.63, 3.8) is 0 Å². The minimum Gasteiger partial charge on any atom is -0.481 e. The van der Waals surface area contributed by atoms with Crippen LogP contribution in [0.1, 0.15) is 53.4 Å². The van der Waals surface area contributed by atoms with Gasteiger partial charge in [0.15, 0.2) is 0 Å². The Hall–Kier alpha value is -0.900. The van der Waals surface area contributed by atoms with Gasteiger partial charge in [-0.05, 0) is 26.8 Å². The fourth-order valence-corrected chi connectivity index (χ4v) is 1.87. The number of unbranched alkanes of at least 4 members (excludes halogenated alkanes) is 3. The highest BCUT2D eigenvalue weighted by molar-refractivity contribution is 5.81. The van der Waals surface area contributed by atoms with Crippen LogP contribution < -0.4 is 0 Å². The van der Waals surface area contributed by atoms with Crippen molar-refractivity contribution < 1.29 is 14.7 Å². The molecule has 0 aromatic rings. The van der Waals surface area contributed by atoms with Crippen LogP contribution in [0.4, 0.5) is 0 Å². The molecule has 1 N–H and O–H groups in total. The van der Waals surface area contributed by atoms with Crippen molar-refractivity contribution in [1.29, 1.82) is 0 Å². The predicted octanol–water partition coefficient (Wildman–Crippen LogP) is 2.57. The summed E-state index contributed by atoms with van der Waals surface area (Å²) in [5.74, 6) is -1.13. The standard InChI is InChI=1S/C14H27NO3/c1-5-6-7-8-9-15(12(3)13(4)16)10-11(2)14(17)18/h11-12H,5-10H2,1-4H3,(H,17,18). The van der Waals surface area contributed by atoms with Crippen LogP contribution in [-0.4, -0.2) is 40.9 Å². The number of Topliss-reactive ketones (excluding diaryl/α,β-unsaturated/α-hetero) is 1. The number of hydrogen-bond acceptors (Lipinski definition) is 3. The summed E-state index contributed by atoms with van der Waals surface area (Å²) in [4.78, 5) is 24.3. The summed E-state index contributed by atoms with van der Waals surface area (Å²) in [6.45, 7) is 8.52. The average molecular weight is 257 g/mol. The van der Waals surface area contributed by atoms with Gasteiger partial charge >= 0.3 is 5.97 Å². The maximum absolute atomic E-state index is 11.4. The van der Waals surface area contributed by atoms with E-state index < -0.39 is 11.9 Å². The first kappa shape index (κ1) is 17.1. The molecule has 4 heteroatoms. The second kappa shape index (κ2) is 9.09. The van der Waals surface area contributed by atoms with Gasteiger partial charge in [0.05, 0.1) is 12.0 Å². The van der Waals surface area contributed by atoms with Gasteiger partial charge in [-0.1, -0.05) is 33.1 Å². The quantitative estimate of drug-likeness (QED) is 0.611. The van der Waals surface area contributed by atoms with E-state index >= 15 is 0 Å². The molecule has 0 aliphatic rings. The van der Waals surface area contributed by atoms with Crippen LogP contribution in [0.15, 0.2) is 0 Å². The third kappa shape index (κ3) is 6.74. The summed E-state index contributed by atoms with van der Waals surface area (Å²) < 4.78 is 0. The van der Waals surface area contributed by atoms with Crippen LogP contribution in [0.25, 0.3) is 0 Å². The molecular formula is C14H27NO3. The molecule has 0 amide bonds. The van der Waals surface area contributed by atoms with Crippen molar-refractivity contribution in [2.24, 2.45) is 5.92 Å². The molecule has 0 saturated carbocycles. The summed E-state index contributed by atoms with van der Waals surface area (Å²) >= 11 is 0. The van der Waals surface area contributed by atoms with Gasteiger partial charge in [0.2, 0.25) is 0 Å². The van der Waals surface area contributed by atoms with Crippen LogP contribution >= 0.6 is 0 Å². The number of carbonyl (C=O) groups excluding carboxylic acids is 1. The van der Waals surface area contributed by atoms with Crippen LogP contribution in [0.3, 0.4) is 0 Å². The highest BCUT2D eigenvalue weighted by atomic mass is 16.4. The molecule has 4 nitrogen and oxygen atoms in total. The first-order valence-electron chi connectivity index (χ1n) is 6.87. The van der Waals surface area contributed by atoms with Gasteiger partial charge < -0.3 is 5.11 Å². The van der Waals surface area contributed by atoms with Crippen molar-refractivity contribution in [3.05, 3.63) is 0 Å². The molecule has 0 rings (SSSR count). The SMILES string of the molecule is CCCCCCN(CC(C)C(=O)O)C(C)C(C)=O. The van der Waals surface area contributed by atoms with E-state index in [4.69, 9.17) is 5.11 Å². The van der Waals surface area contributed by atoms with Gasteiger partial charge in [-0.3, -0.25) is 14.5 Å². The van der Waals surface area contributed by atoms with E-state index in [1.165, 1.54) is 12.8 Å². The molecule has 18 heavy (non-hydrogen) atoms. The average Bonchev–Trinajstić information content (AvgIpc) is 2.31. The van der Waals surface area contributed by atoms with Gasteiger partial charge in [0.25, 0.3) is 0 Å². The van der Waals surface area contributed by atoms with E-state index in [1.807, 2.05) is 11.8 Å². The zero-order chi connectivity index (χ0) is 14.1. The molecule has 0 aromatic heterocycles. The number of hydrogen-bond donors (Lipinski definition) is 1. The van der Waals surface area contributed by atoms with E-state index in [0.717, 1.165) is 19.4 Å². The largest absolute Gasteiger partial charge is 0.481 e. The Labute approximate surface area is 110 Å². The molecule has 0 radical (unpaired) electrons. The van der Waals surface area contributed by atoms with Crippen LogP contribution in [0.5, 0.6) is 0 Å². The molecule has 106 valence electrons. The third-order valence-corrected chi connectivity index (χ3v) is 3.36. The fraction of sp³-hybridized carbons (Fsp3) is 0.857. The molecule has 0 aliphatic carbocycles. The Kier molecular flexibility index (Phi) is 8.63. The highest BCUT2D eigenvalue weighted by Crippen LogP contribution is 2.09. The number of carboxylic acids is 1. The number of aliphatic carboxylic acids is 1. The normalized spacial score (nSPS) is 14.5. The lowest BCUT2D eigenvalue weighted by molar-refractivity contribution is -0.142. The molecule has 2 unspecified atom stereocenters. The molecule has 0 heterocycles. The summed E-state index contributed by atoms with van der Waals surface area (Å²) in [5.41, 5.74) is 0. The summed E-state index contributed by atoms with van der Waals surface area (Å²) in [5, 5.41) is 8.95. The Morgan fingerprint density at radius 3 is 2.22 bits per heavy atom. The van der Waals surface area contributed by atoms with Crippen molar-refractivity contribution in [1.82, 2.24) is 4.90 Å². The molecule has 0 spiro atoms. The lowest BCUT2D eigenvalue weighted by Crippen LogP contribution is -2.42. The molecule has 0 bridgehead atoms. The topological polar surface area (TPSA) is 57.6 Å². The lowest BCUT2D eigenvalue weighted by atomic mass is 10.1. The maximum atomic E-state index is 11.4. The highest BCUT2D eigenvalue weighted by Gasteiger charge is 2.22. The number of nitrogens with zero attached hydrogens (tertiary/aromatic N) is 1. The Bertz CT molecular complexity index is 266. The minimum absolute atomic E-state index is 0.100. The van der Waals surface area contributed by atoms with Crippen molar-refractivity contribution in [2.75, 3.05) is 13.1 Å². The number of ketones is 1. The van der Waals surface area contributed by atoms with Gasteiger partial charge in [-0.25, -0.2) is 0 Å². The second-order valence-electron chi connectivity index (χ2n) is 5.08.